The Morgan fingerprint density at radius 3 is 1.47 bits per heavy atom. The number of rotatable bonds is 7. The molecule has 1 N–H and O–H groups in total. The molecule has 3 aliphatic heterocycles. The molecule has 320 valence electrons. The lowest BCUT2D eigenvalue weighted by atomic mass is 9.78. The minimum atomic E-state index is -0.493. The van der Waals surface area contributed by atoms with E-state index in [2.05, 4.69) is 0 Å². The van der Waals surface area contributed by atoms with E-state index in [9.17, 15) is 14.7 Å². The fraction of sp³-hybridized carbons (Fsp3) is 0.682. The van der Waals surface area contributed by atoms with Gasteiger partial charge in [0.1, 0.15) is 17.0 Å². The summed E-state index contributed by atoms with van der Waals surface area (Å²) in [5.74, 6) is 1.96. The molecule has 2 aliphatic carbocycles. The number of hydrogen-bond donors (Lipinski definition) is 1. The van der Waals surface area contributed by atoms with Crippen molar-refractivity contribution in [3.8, 4) is 5.75 Å². The number of amides is 2. The van der Waals surface area contributed by atoms with Crippen LogP contribution in [0.2, 0.25) is 10.0 Å². The summed E-state index contributed by atoms with van der Waals surface area (Å²) < 4.78 is 35.6. The second-order valence-corrected chi connectivity index (χ2v) is 20.5. The summed E-state index contributed by atoms with van der Waals surface area (Å²) in [6.45, 7) is 23.3. The second kappa shape index (κ2) is 17.3. The summed E-state index contributed by atoms with van der Waals surface area (Å²) >= 11 is 12.9. The van der Waals surface area contributed by atoms with E-state index in [4.69, 9.17) is 51.5 Å². The zero-order chi connectivity index (χ0) is 42.4. The molecule has 58 heavy (non-hydrogen) atoms. The molecular weight excluding hydrogens is 782 g/mol. The molecule has 0 aromatic heterocycles. The highest BCUT2D eigenvalue weighted by Crippen LogP contribution is 2.42. The van der Waals surface area contributed by atoms with Gasteiger partial charge in [-0.1, -0.05) is 53.5 Å². The molecule has 6 atom stereocenters. The summed E-state index contributed by atoms with van der Waals surface area (Å²) in [7, 11) is -0.493. The van der Waals surface area contributed by atoms with Crippen molar-refractivity contribution in [1.82, 2.24) is 9.80 Å². The maximum Gasteiger partial charge on any atom is 0.496 e. The maximum atomic E-state index is 12.4. The molecule has 7 rings (SSSR count). The van der Waals surface area contributed by atoms with Crippen LogP contribution in [0.15, 0.2) is 36.4 Å². The van der Waals surface area contributed by atoms with Crippen LogP contribution in [-0.2, 0) is 41.5 Å². The van der Waals surface area contributed by atoms with Crippen LogP contribution in [0.3, 0.4) is 0 Å². The van der Waals surface area contributed by atoms with E-state index in [-0.39, 0.29) is 30.1 Å². The van der Waals surface area contributed by atoms with Crippen molar-refractivity contribution in [1.29, 1.82) is 0 Å². The molecule has 0 spiro atoms. The van der Waals surface area contributed by atoms with Gasteiger partial charge in [-0.25, -0.2) is 9.59 Å². The van der Waals surface area contributed by atoms with Crippen LogP contribution in [-0.4, -0.2) is 95.0 Å². The molecule has 2 aromatic rings. The smallest absolute Gasteiger partial charge is 0.496 e. The number of phenols is 1. The second-order valence-electron chi connectivity index (χ2n) is 19.8. The van der Waals surface area contributed by atoms with Crippen LogP contribution in [0.4, 0.5) is 9.59 Å². The molecular formula is C44H63BCl2N2O9. The number of carbonyl (C=O) groups excluding carboxylic acids is 2. The Hall–Kier alpha value is -2.74. The molecule has 2 saturated carbocycles. The third kappa shape index (κ3) is 10.8. The van der Waals surface area contributed by atoms with Gasteiger partial charge in [0.15, 0.2) is 0 Å². The minimum absolute atomic E-state index is 0.0825. The first-order chi connectivity index (χ1) is 27.0. The zero-order valence-corrected chi connectivity index (χ0v) is 37.5. The number of carbonyl (C=O) groups is 2. The summed E-state index contributed by atoms with van der Waals surface area (Å²) in [6.07, 6.45) is 3.73. The van der Waals surface area contributed by atoms with Gasteiger partial charge in [0.05, 0.1) is 41.6 Å². The van der Waals surface area contributed by atoms with Crippen molar-refractivity contribution in [2.75, 3.05) is 26.2 Å². The summed E-state index contributed by atoms with van der Waals surface area (Å²) in [5.41, 5.74) is 0.832. The van der Waals surface area contributed by atoms with Crippen molar-refractivity contribution in [2.24, 2.45) is 23.7 Å². The number of fused-ring (bicyclic) bond motifs is 2. The Kier molecular flexibility index (Phi) is 13.4. The summed E-state index contributed by atoms with van der Waals surface area (Å²) in [5, 5.41) is 10.7. The van der Waals surface area contributed by atoms with Gasteiger partial charge < -0.3 is 43.2 Å². The molecule has 5 fully saturated rings. The molecule has 0 bridgehead atoms. The van der Waals surface area contributed by atoms with Crippen molar-refractivity contribution in [2.45, 2.75) is 143 Å². The summed E-state index contributed by atoms with van der Waals surface area (Å²) in [6, 6.07) is 11.1. The molecule has 3 heterocycles. The Morgan fingerprint density at radius 2 is 1.07 bits per heavy atom. The monoisotopic (exact) mass is 844 g/mol. The SMILES string of the molecule is CC(C)(C)OC(=O)N1C[C@H]2CC(OCc3cccc(B4OC(C)(C)C(C)(C)O4)c3Cl)C[C@H]2C1.CC(C)(C)OC(=O)N1C[C@H]2CC(OCc3cccc(O)c3Cl)C[C@H]2C1. The standard InChI is InChI=1S/C25H37BClNO5.C19H26ClNO4/c1-23(2,3)31-22(29)28-13-17-11-19(12-18(17)14-28)30-15-16-9-8-10-20(21(16)27)26-32-24(4,5)25(6,7)33-26;1-19(2,3)25-18(23)21-9-13-7-15(8-14(13)10-21)24-11-12-5-4-6-16(22)17(12)20/h8-10,17-19H,11-15H2,1-7H3;4-6,13-15,22H,7-11H2,1-3H3/t17-,18+,19?;13-,14+,15?. The molecule has 14 heteroatoms. The maximum absolute atomic E-state index is 12.4. The van der Waals surface area contributed by atoms with Gasteiger partial charge in [0, 0.05) is 42.2 Å². The average Bonchev–Trinajstić information content (AvgIpc) is 3.90. The Balaban J connectivity index is 0.000000203. The Bertz CT molecular complexity index is 1750. The van der Waals surface area contributed by atoms with E-state index in [1.54, 1.807) is 12.1 Å². The van der Waals surface area contributed by atoms with Crippen LogP contribution >= 0.6 is 23.2 Å². The first-order valence-corrected chi connectivity index (χ1v) is 21.5. The number of benzene rings is 2. The Labute approximate surface area is 355 Å². The highest BCUT2D eigenvalue weighted by atomic mass is 35.5. The summed E-state index contributed by atoms with van der Waals surface area (Å²) in [4.78, 5) is 28.2. The predicted molar refractivity (Wildman–Crippen MR) is 225 cm³/mol. The van der Waals surface area contributed by atoms with E-state index in [0.717, 1.165) is 68.5 Å². The largest absolute Gasteiger partial charge is 0.506 e. The predicted octanol–water partition coefficient (Wildman–Crippen LogP) is 9.01. The number of hydrogen-bond acceptors (Lipinski definition) is 9. The lowest BCUT2D eigenvalue weighted by Crippen LogP contribution is -2.41. The van der Waals surface area contributed by atoms with E-state index in [1.807, 2.05) is 103 Å². The number of halogens is 2. The van der Waals surface area contributed by atoms with Gasteiger partial charge in [-0.05, 0) is 130 Å². The quantitative estimate of drug-likeness (QED) is 0.273. The van der Waals surface area contributed by atoms with Gasteiger partial charge in [-0.2, -0.15) is 0 Å². The fourth-order valence-corrected chi connectivity index (χ4v) is 9.12. The van der Waals surface area contributed by atoms with Crippen molar-refractivity contribution in [3.63, 3.8) is 0 Å². The highest BCUT2D eigenvalue weighted by Gasteiger charge is 2.52. The molecule has 5 aliphatic rings. The van der Waals surface area contributed by atoms with Crippen LogP contribution in [0.1, 0.15) is 106 Å². The fourth-order valence-electron chi connectivity index (χ4n) is 8.67. The van der Waals surface area contributed by atoms with E-state index < -0.39 is 29.5 Å². The normalized spacial score (nSPS) is 27.3. The van der Waals surface area contributed by atoms with Crippen LogP contribution in [0.25, 0.3) is 0 Å². The van der Waals surface area contributed by atoms with E-state index >= 15 is 0 Å². The minimum Gasteiger partial charge on any atom is -0.506 e. The van der Waals surface area contributed by atoms with Crippen molar-refractivity contribution in [3.05, 3.63) is 57.6 Å². The number of likely N-dealkylation sites (tertiary alicyclic amines) is 2. The number of aromatic hydroxyl groups is 1. The number of ether oxygens (including phenoxy) is 4. The van der Waals surface area contributed by atoms with E-state index in [1.165, 1.54) is 0 Å². The zero-order valence-electron chi connectivity index (χ0n) is 35.9. The van der Waals surface area contributed by atoms with Crippen molar-refractivity contribution < 1.29 is 43.0 Å². The third-order valence-electron chi connectivity index (χ3n) is 12.3. The van der Waals surface area contributed by atoms with Crippen LogP contribution < -0.4 is 5.46 Å². The third-order valence-corrected chi connectivity index (χ3v) is 13.2. The van der Waals surface area contributed by atoms with Crippen molar-refractivity contribution >= 4 is 48.0 Å². The average molecular weight is 846 g/mol. The topological polar surface area (TPSA) is 116 Å². The number of nitrogens with zero attached hydrogens (tertiary/aromatic N) is 2. The molecule has 3 saturated heterocycles. The first kappa shape index (κ1) is 44.8. The lowest BCUT2D eigenvalue weighted by molar-refractivity contribution is 0.00578. The molecule has 2 unspecified atom stereocenters. The lowest BCUT2D eigenvalue weighted by Gasteiger charge is -2.32. The molecule has 0 radical (unpaired) electrons. The molecule has 2 aromatic carbocycles. The number of phenolic OH excluding ortho intramolecular Hbond substituents is 1. The van der Waals surface area contributed by atoms with Gasteiger partial charge >= 0.3 is 19.3 Å². The van der Waals surface area contributed by atoms with Gasteiger partial charge in [0.25, 0.3) is 0 Å². The molecule has 2 amide bonds. The van der Waals surface area contributed by atoms with Gasteiger partial charge in [0.2, 0.25) is 0 Å². The highest BCUT2D eigenvalue weighted by molar-refractivity contribution is 6.65. The first-order valence-electron chi connectivity index (χ1n) is 20.8. The molecule has 11 nitrogen and oxygen atoms in total. The Morgan fingerprint density at radius 1 is 0.690 bits per heavy atom. The van der Waals surface area contributed by atoms with Crippen LogP contribution in [0, 0.1) is 23.7 Å². The van der Waals surface area contributed by atoms with E-state index in [0.29, 0.717) is 46.9 Å². The van der Waals surface area contributed by atoms with Gasteiger partial charge in [-0.3, -0.25) is 0 Å². The van der Waals surface area contributed by atoms with Crippen LogP contribution in [0.5, 0.6) is 5.75 Å². The van der Waals surface area contributed by atoms with Gasteiger partial charge in [-0.15, -0.1) is 0 Å².